The summed E-state index contributed by atoms with van der Waals surface area (Å²) in [6.45, 7) is 6.89. The number of carbonyl (C=O) groups is 1. The summed E-state index contributed by atoms with van der Waals surface area (Å²) in [7, 11) is 0. The van der Waals surface area contributed by atoms with E-state index in [1.165, 1.54) is 12.8 Å². The Morgan fingerprint density at radius 3 is 2.78 bits per heavy atom. The Morgan fingerprint density at radius 1 is 1.56 bits per heavy atom. The van der Waals surface area contributed by atoms with E-state index in [1.807, 2.05) is 13.0 Å². The van der Waals surface area contributed by atoms with Gasteiger partial charge in [-0.25, -0.2) is 0 Å². The molecule has 1 fully saturated rings. The standard InChI is InChI=1S/C13H22N4O/c1-9-4-5-10(2)17(9)11(3)13(18)14-8-12-6-7-15-16-12/h6-7,9-11H,4-5,8H2,1-3H3,(H,14,18)(H,15,16). The largest absolute Gasteiger partial charge is 0.349 e. The van der Waals surface area contributed by atoms with E-state index in [1.54, 1.807) is 6.20 Å². The topological polar surface area (TPSA) is 61.0 Å². The Bertz CT molecular complexity index is 380. The average Bonchev–Trinajstić information content (AvgIpc) is 2.96. The molecule has 1 aromatic heterocycles. The highest BCUT2D eigenvalue weighted by atomic mass is 16.2. The van der Waals surface area contributed by atoms with Crippen molar-refractivity contribution in [2.24, 2.45) is 0 Å². The first-order chi connectivity index (χ1) is 8.59. The maximum Gasteiger partial charge on any atom is 0.237 e. The van der Waals surface area contributed by atoms with Crippen LogP contribution in [0.15, 0.2) is 12.3 Å². The van der Waals surface area contributed by atoms with E-state index < -0.39 is 0 Å². The van der Waals surface area contributed by atoms with E-state index in [0.29, 0.717) is 18.6 Å². The average molecular weight is 250 g/mol. The van der Waals surface area contributed by atoms with Crippen LogP contribution in [0.25, 0.3) is 0 Å². The third kappa shape index (κ3) is 2.72. The Morgan fingerprint density at radius 2 is 2.22 bits per heavy atom. The molecule has 0 radical (unpaired) electrons. The molecule has 1 aromatic rings. The van der Waals surface area contributed by atoms with Gasteiger partial charge in [0.15, 0.2) is 0 Å². The first kappa shape index (κ1) is 13.1. The van der Waals surface area contributed by atoms with Gasteiger partial charge < -0.3 is 5.32 Å². The minimum atomic E-state index is -0.0691. The zero-order chi connectivity index (χ0) is 13.1. The lowest BCUT2D eigenvalue weighted by Gasteiger charge is -2.31. The molecule has 18 heavy (non-hydrogen) atoms. The number of nitrogens with zero attached hydrogens (tertiary/aromatic N) is 2. The number of aromatic amines is 1. The quantitative estimate of drug-likeness (QED) is 0.846. The second-order valence-electron chi connectivity index (χ2n) is 5.20. The molecule has 1 aliphatic heterocycles. The molecule has 3 atom stereocenters. The smallest absolute Gasteiger partial charge is 0.237 e. The molecule has 5 heteroatoms. The molecule has 3 unspecified atom stereocenters. The number of carbonyl (C=O) groups excluding carboxylic acids is 1. The molecule has 0 bridgehead atoms. The predicted molar refractivity (Wildman–Crippen MR) is 69.9 cm³/mol. The summed E-state index contributed by atoms with van der Waals surface area (Å²) in [6, 6.07) is 2.78. The van der Waals surface area contributed by atoms with Crippen LogP contribution >= 0.6 is 0 Å². The van der Waals surface area contributed by atoms with E-state index in [-0.39, 0.29) is 11.9 Å². The predicted octanol–water partition coefficient (Wildman–Crippen LogP) is 1.29. The lowest BCUT2D eigenvalue weighted by Crippen LogP contribution is -2.48. The van der Waals surface area contributed by atoms with Crippen LogP contribution in [-0.4, -0.2) is 39.1 Å². The van der Waals surface area contributed by atoms with Gasteiger partial charge in [-0.3, -0.25) is 14.8 Å². The van der Waals surface area contributed by atoms with E-state index in [4.69, 9.17) is 0 Å². The highest BCUT2D eigenvalue weighted by molar-refractivity contribution is 5.81. The maximum atomic E-state index is 12.1. The number of rotatable bonds is 4. The Hall–Kier alpha value is -1.36. The minimum Gasteiger partial charge on any atom is -0.349 e. The van der Waals surface area contributed by atoms with Crippen LogP contribution in [0.1, 0.15) is 39.3 Å². The highest BCUT2D eigenvalue weighted by Crippen LogP contribution is 2.25. The van der Waals surface area contributed by atoms with Gasteiger partial charge in [-0.05, 0) is 39.7 Å². The van der Waals surface area contributed by atoms with E-state index in [2.05, 4.69) is 34.3 Å². The van der Waals surface area contributed by atoms with Crippen molar-refractivity contribution in [3.8, 4) is 0 Å². The normalized spacial score (nSPS) is 26.2. The van der Waals surface area contributed by atoms with Crippen molar-refractivity contribution in [3.63, 3.8) is 0 Å². The number of H-pyrrole nitrogens is 1. The van der Waals surface area contributed by atoms with Crippen molar-refractivity contribution >= 4 is 5.91 Å². The van der Waals surface area contributed by atoms with Crippen LogP contribution < -0.4 is 5.32 Å². The van der Waals surface area contributed by atoms with Crippen LogP contribution in [0.4, 0.5) is 0 Å². The van der Waals surface area contributed by atoms with Gasteiger partial charge in [0.2, 0.25) is 5.91 Å². The third-order valence-electron chi connectivity index (χ3n) is 3.86. The fourth-order valence-corrected chi connectivity index (χ4v) is 2.83. The Labute approximate surface area is 108 Å². The van der Waals surface area contributed by atoms with Crippen LogP contribution in [0.5, 0.6) is 0 Å². The fourth-order valence-electron chi connectivity index (χ4n) is 2.83. The van der Waals surface area contributed by atoms with E-state index >= 15 is 0 Å². The lowest BCUT2D eigenvalue weighted by atomic mass is 10.2. The minimum absolute atomic E-state index is 0.0691. The highest BCUT2D eigenvalue weighted by Gasteiger charge is 2.34. The van der Waals surface area contributed by atoms with Crippen LogP contribution in [-0.2, 0) is 11.3 Å². The molecule has 2 N–H and O–H groups in total. The summed E-state index contributed by atoms with van der Waals surface area (Å²) in [5, 5.41) is 9.65. The van der Waals surface area contributed by atoms with E-state index in [9.17, 15) is 4.79 Å². The number of likely N-dealkylation sites (tertiary alicyclic amines) is 1. The summed E-state index contributed by atoms with van der Waals surface area (Å²) >= 11 is 0. The van der Waals surface area contributed by atoms with E-state index in [0.717, 1.165) is 5.69 Å². The molecule has 1 saturated heterocycles. The fraction of sp³-hybridized carbons (Fsp3) is 0.692. The number of amides is 1. The molecule has 2 rings (SSSR count). The SMILES string of the molecule is CC1CCC(C)N1C(C)C(=O)NCc1ccn[nH]1. The molecule has 1 aliphatic rings. The van der Waals surface area contributed by atoms with Crippen molar-refractivity contribution in [1.29, 1.82) is 0 Å². The van der Waals surface area contributed by atoms with Gasteiger partial charge in [-0.2, -0.15) is 5.10 Å². The van der Waals surface area contributed by atoms with Gasteiger partial charge in [0.1, 0.15) is 0 Å². The number of nitrogens with one attached hydrogen (secondary N) is 2. The Balaban J connectivity index is 1.88. The van der Waals surface area contributed by atoms with Crippen molar-refractivity contribution in [2.45, 2.75) is 58.3 Å². The summed E-state index contributed by atoms with van der Waals surface area (Å²) in [4.78, 5) is 14.4. The zero-order valence-corrected chi connectivity index (χ0v) is 11.3. The molecule has 0 aliphatic carbocycles. The second-order valence-corrected chi connectivity index (χ2v) is 5.20. The molecule has 1 amide bonds. The monoisotopic (exact) mass is 250 g/mol. The second kappa shape index (κ2) is 5.52. The lowest BCUT2D eigenvalue weighted by molar-refractivity contribution is -0.127. The van der Waals surface area contributed by atoms with Gasteiger partial charge in [0.25, 0.3) is 0 Å². The molecule has 100 valence electrons. The molecule has 2 heterocycles. The van der Waals surface area contributed by atoms with Crippen LogP contribution in [0, 0.1) is 0 Å². The van der Waals surface area contributed by atoms with Gasteiger partial charge >= 0.3 is 0 Å². The number of hydrogen-bond donors (Lipinski definition) is 2. The zero-order valence-electron chi connectivity index (χ0n) is 11.3. The van der Waals surface area contributed by atoms with Crippen LogP contribution in [0.2, 0.25) is 0 Å². The first-order valence-corrected chi connectivity index (χ1v) is 6.63. The molecular weight excluding hydrogens is 228 g/mol. The van der Waals surface area contributed by atoms with Gasteiger partial charge in [-0.15, -0.1) is 0 Å². The summed E-state index contributed by atoms with van der Waals surface area (Å²) in [5.74, 6) is 0.0881. The van der Waals surface area contributed by atoms with Crippen molar-refractivity contribution in [1.82, 2.24) is 20.4 Å². The molecule has 0 spiro atoms. The third-order valence-corrected chi connectivity index (χ3v) is 3.86. The first-order valence-electron chi connectivity index (χ1n) is 6.63. The summed E-state index contributed by atoms with van der Waals surface area (Å²) < 4.78 is 0. The van der Waals surface area contributed by atoms with Gasteiger partial charge in [0, 0.05) is 18.3 Å². The van der Waals surface area contributed by atoms with Crippen LogP contribution in [0.3, 0.4) is 0 Å². The summed E-state index contributed by atoms with van der Waals surface area (Å²) in [5.41, 5.74) is 0.929. The molecule has 0 saturated carbocycles. The molecule has 0 aromatic carbocycles. The number of hydrogen-bond acceptors (Lipinski definition) is 3. The Kier molecular flexibility index (Phi) is 4.01. The van der Waals surface area contributed by atoms with Crippen molar-refractivity contribution in [2.75, 3.05) is 0 Å². The molecular formula is C13H22N4O. The number of aromatic nitrogens is 2. The molecule has 5 nitrogen and oxygen atoms in total. The maximum absolute atomic E-state index is 12.1. The van der Waals surface area contributed by atoms with Crippen molar-refractivity contribution < 1.29 is 4.79 Å². The van der Waals surface area contributed by atoms with Crippen molar-refractivity contribution in [3.05, 3.63) is 18.0 Å². The summed E-state index contributed by atoms with van der Waals surface area (Å²) in [6.07, 6.45) is 4.05. The van der Waals surface area contributed by atoms with Gasteiger partial charge in [-0.1, -0.05) is 0 Å². The van der Waals surface area contributed by atoms with Gasteiger partial charge in [0.05, 0.1) is 18.3 Å².